The van der Waals surface area contributed by atoms with E-state index in [0.717, 1.165) is 30.6 Å². The van der Waals surface area contributed by atoms with Crippen molar-refractivity contribution < 1.29 is 9.59 Å². The van der Waals surface area contributed by atoms with Gasteiger partial charge in [0, 0.05) is 50.3 Å². The van der Waals surface area contributed by atoms with Gasteiger partial charge in [-0.2, -0.15) is 0 Å². The number of rotatable bonds is 9. The molecular weight excluding hydrogens is 499 g/mol. The predicted molar refractivity (Wildman–Crippen MR) is 138 cm³/mol. The topological polar surface area (TPSA) is 49.4 Å². The highest BCUT2D eigenvalue weighted by molar-refractivity contribution is 7.99. The predicted octanol–water partition coefficient (Wildman–Crippen LogP) is 7.00. The fourth-order valence-corrected chi connectivity index (χ4v) is 5.42. The molecule has 0 aromatic heterocycles. The van der Waals surface area contributed by atoms with Crippen molar-refractivity contribution in [3.05, 3.63) is 63.1 Å². The van der Waals surface area contributed by atoms with Crippen LogP contribution in [0.5, 0.6) is 0 Å². The number of amides is 2. The molecule has 2 aromatic carbocycles. The van der Waals surface area contributed by atoms with Crippen LogP contribution in [-0.2, 0) is 16.1 Å². The Morgan fingerprint density at radius 3 is 2.30 bits per heavy atom. The van der Waals surface area contributed by atoms with Crippen molar-refractivity contribution in [3.8, 4) is 0 Å². The Bertz CT molecular complexity index is 929. The maximum atomic E-state index is 13.3. The molecule has 0 spiro atoms. The zero-order chi connectivity index (χ0) is 23.8. The van der Waals surface area contributed by atoms with Crippen molar-refractivity contribution in [3.63, 3.8) is 0 Å². The Kier molecular flexibility index (Phi) is 10.2. The first-order valence-corrected chi connectivity index (χ1v) is 13.4. The molecule has 3 rings (SSSR count). The van der Waals surface area contributed by atoms with E-state index in [1.807, 2.05) is 24.3 Å². The highest BCUT2D eigenvalue weighted by Gasteiger charge is 2.29. The van der Waals surface area contributed by atoms with Gasteiger partial charge in [-0.1, -0.05) is 60.1 Å². The first kappa shape index (κ1) is 26.2. The SMILES string of the molecule is CC(C(=O)NC1CCCCC1)N(Cc1c(Cl)cccc1Cl)C(=O)CCSc1ccc(Cl)cc1. The van der Waals surface area contributed by atoms with Crippen LogP contribution in [0.25, 0.3) is 0 Å². The first-order valence-electron chi connectivity index (χ1n) is 11.3. The summed E-state index contributed by atoms with van der Waals surface area (Å²) in [4.78, 5) is 29.0. The molecule has 33 heavy (non-hydrogen) atoms. The van der Waals surface area contributed by atoms with Gasteiger partial charge in [0.25, 0.3) is 0 Å². The minimum Gasteiger partial charge on any atom is -0.352 e. The van der Waals surface area contributed by atoms with Crippen LogP contribution in [0.3, 0.4) is 0 Å². The molecule has 2 aromatic rings. The Labute approximate surface area is 215 Å². The summed E-state index contributed by atoms with van der Waals surface area (Å²) in [5.41, 5.74) is 0.650. The van der Waals surface area contributed by atoms with E-state index in [9.17, 15) is 9.59 Å². The number of hydrogen-bond donors (Lipinski definition) is 1. The van der Waals surface area contributed by atoms with Gasteiger partial charge in [-0.25, -0.2) is 0 Å². The molecule has 178 valence electrons. The fraction of sp³-hybridized carbons (Fsp3) is 0.440. The molecule has 1 aliphatic carbocycles. The van der Waals surface area contributed by atoms with Crippen molar-refractivity contribution >= 4 is 58.4 Å². The second-order valence-electron chi connectivity index (χ2n) is 8.29. The van der Waals surface area contributed by atoms with Gasteiger partial charge in [0.2, 0.25) is 11.8 Å². The maximum Gasteiger partial charge on any atom is 0.242 e. The van der Waals surface area contributed by atoms with Gasteiger partial charge < -0.3 is 10.2 Å². The molecule has 1 atom stereocenters. The molecule has 8 heteroatoms. The normalized spacial score (nSPS) is 15.2. The first-order chi connectivity index (χ1) is 15.8. The van der Waals surface area contributed by atoms with E-state index >= 15 is 0 Å². The molecular formula is C25H29Cl3N2O2S. The lowest BCUT2D eigenvalue weighted by atomic mass is 9.95. The van der Waals surface area contributed by atoms with Crippen molar-refractivity contribution in [2.24, 2.45) is 0 Å². The number of benzene rings is 2. The van der Waals surface area contributed by atoms with Gasteiger partial charge in [-0.3, -0.25) is 9.59 Å². The largest absolute Gasteiger partial charge is 0.352 e. The monoisotopic (exact) mass is 526 g/mol. The average molecular weight is 528 g/mol. The molecule has 0 aliphatic heterocycles. The molecule has 0 saturated heterocycles. The Morgan fingerprint density at radius 2 is 1.67 bits per heavy atom. The summed E-state index contributed by atoms with van der Waals surface area (Å²) in [6, 6.07) is 12.3. The Morgan fingerprint density at radius 1 is 1.03 bits per heavy atom. The standard InChI is InChI=1S/C25H29Cl3N2O2S/c1-17(25(32)29-19-6-3-2-4-7-19)30(16-21-22(27)8-5-9-23(21)28)24(31)14-15-33-20-12-10-18(26)11-13-20/h5,8-13,17,19H,2-4,6-7,14-16H2,1H3,(H,29,32). The van der Waals surface area contributed by atoms with Crippen LogP contribution < -0.4 is 5.32 Å². The van der Waals surface area contributed by atoms with Crippen LogP contribution in [0.2, 0.25) is 15.1 Å². The van der Waals surface area contributed by atoms with Gasteiger partial charge in [-0.15, -0.1) is 11.8 Å². The minimum absolute atomic E-state index is 0.112. The molecule has 1 unspecified atom stereocenters. The number of thioether (sulfide) groups is 1. The zero-order valence-corrected chi connectivity index (χ0v) is 21.7. The van der Waals surface area contributed by atoms with Crippen LogP contribution >= 0.6 is 46.6 Å². The third-order valence-electron chi connectivity index (χ3n) is 5.91. The summed E-state index contributed by atoms with van der Waals surface area (Å²) in [7, 11) is 0. The second-order valence-corrected chi connectivity index (χ2v) is 10.7. The van der Waals surface area contributed by atoms with Crippen LogP contribution in [-0.4, -0.2) is 34.6 Å². The van der Waals surface area contributed by atoms with Gasteiger partial charge in [-0.05, 0) is 56.2 Å². The number of nitrogens with zero attached hydrogens (tertiary/aromatic N) is 1. The quantitative estimate of drug-likeness (QED) is 0.357. The Hall–Kier alpha value is -1.40. The van der Waals surface area contributed by atoms with Gasteiger partial charge >= 0.3 is 0 Å². The third kappa shape index (κ3) is 7.81. The van der Waals surface area contributed by atoms with E-state index in [1.54, 1.807) is 41.8 Å². The van der Waals surface area contributed by atoms with E-state index in [4.69, 9.17) is 34.8 Å². The fourth-order valence-electron chi connectivity index (χ4n) is 3.94. The smallest absolute Gasteiger partial charge is 0.242 e. The summed E-state index contributed by atoms with van der Waals surface area (Å²) in [5, 5.41) is 4.78. The lowest BCUT2D eigenvalue weighted by Crippen LogP contribution is -2.50. The number of nitrogens with one attached hydrogen (secondary N) is 1. The molecule has 1 aliphatic rings. The van der Waals surface area contributed by atoms with Crippen molar-refractivity contribution in [2.75, 3.05) is 5.75 Å². The Balaban J connectivity index is 1.69. The van der Waals surface area contributed by atoms with Crippen molar-refractivity contribution in [1.82, 2.24) is 10.2 Å². The lowest BCUT2D eigenvalue weighted by Gasteiger charge is -2.31. The number of carbonyl (C=O) groups is 2. The highest BCUT2D eigenvalue weighted by atomic mass is 35.5. The molecule has 1 fully saturated rings. The van der Waals surface area contributed by atoms with Crippen LogP contribution in [0.1, 0.15) is 51.0 Å². The molecule has 0 radical (unpaired) electrons. The van der Waals surface area contributed by atoms with Gasteiger partial charge in [0.1, 0.15) is 6.04 Å². The van der Waals surface area contributed by atoms with E-state index in [-0.39, 0.29) is 30.8 Å². The minimum atomic E-state index is -0.632. The molecule has 1 N–H and O–H groups in total. The van der Waals surface area contributed by atoms with Crippen LogP contribution in [0.15, 0.2) is 47.4 Å². The summed E-state index contributed by atoms with van der Waals surface area (Å²) in [6.07, 6.45) is 5.72. The number of carbonyl (C=O) groups excluding carboxylic acids is 2. The summed E-state index contributed by atoms with van der Waals surface area (Å²) in [5.74, 6) is 0.340. The summed E-state index contributed by atoms with van der Waals surface area (Å²) < 4.78 is 0. The molecule has 4 nitrogen and oxygen atoms in total. The van der Waals surface area contributed by atoms with E-state index in [2.05, 4.69) is 5.32 Å². The molecule has 0 bridgehead atoms. The van der Waals surface area contributed by atoms with E-state index < -0.39 is 6.04 Å². The summed E-state index contributed by atoms with van der Waals surface area (Å²) >= 11 is 20.3. The maximum absolute atomic E-state index is 13.3. The van der Waals surface area contributed by atoms with Crippen molar-refractivity contribution in [1.29, 1.82) is 0 Å². The van der Waals surface area contributed by atoms with E-state index in [0.29, 0.717) is 26.4 Å². The third-order valence-corrected chi connectivity index (χ3v) is 7.88. The number of halogens is 3. The summed E-state index contributed by atoms with van der Waals surface area (Å²) in [6.45, 7) is 1.95. The van der Waals surface area contributed by atoms with Gasteiger partial charge in [0.15, 0.2) is 0 Å². The highest BCUT2D eigenvalue weighted by Crippen LogP contribution is 2.28. The zero-order valence-electron chi connectivity index (χ0n) is 18.7. The molecule has 0 heterocycles. The van der Waals surface area contributed by atoms with Gasteiger partial charge in [0.05, 0.1) is 0 Å². The molecule has 2 amide bonds. The number of hydrogen-bond acceptors (Lipinski definition) is 3. The van der Waals surface area contributed by atoms with Crippen molar-refractivity contribution in [2.45, 2.75) is 69.0 Å². The van der Waals surface area contributed by atoms with Crippen LogP contribution in [0.4, 0.5) is 0 Å². The lowest BCUT2D eigenvalue weighted by molar-refractivity contribution is -0.140. The van der Waals surface area contributed by atoms with Crippen LogP contribution in [0, 0.1) is 0 Å². The second kappa shape index (κ2) is 12.9. The molecule has 1 saturated carbocycles. The average Bonchev–Trinajstić information content (AvgIpc) is 2.80. The van der Waals surface area contributed by atoms with E-state index in [1.165, 1.54) is 6.42 Å².